The summed E-state index contributed by atoms with van der Waals surface area (Å²) in [7, 11) is 0.362. The summed E-state index contributed by atoms with van der Waals surface area (Å²) >= 11 is 0. The molecule has 38 heavy (non-hydrogen) atoms. The lowest BCUT2D eigenvalue weighted by molar-refractivity contribution is -0.0751. The molecule has 0 N–H and O–H groups in total. The summed E-state index contributed by atoms with van der Waals surface area (Å²) in [6.07, 6.45) is 4.97. The minimum atomic E-state index is -1.31. The molecule has 0 amide bonds. The van der Waals surface area contributed by atoms with Crippen LogP contribution < -0.4 is 0 Å². The Morgan fingerprint density at radius 2 is 1.97 bits per heavy atom. The highest BCUT2D eigenvalue weighted by atomic mass is 31.2. The monoisotopic (exact) mass is 541 g/mol. The third-order valence-electron chi connectivity index (χ3n) is 8.00. The Balaban J connectivity index is 1.31. The van der Waals surface area contributed by atoms with E-state index in [-0.39, 0.29) is 18.2 Å². The van der Waals surface area contributed by atoms with Crippen molar-refractivity contribution in [2.45, 2.75) is 76.2 Å². The van der Waals surface area contributed by atoms with Gasteiger partial charge in [-0.15, -0.1) is 0 Å². The molecule has 3 saturated heterocycles. The van der Waals surface area contributed by atoms with Crippen molar-refractivity contribution in [2.75, 3.05) is 26.9 Å². The van der Waals surface area contributed by atoms with Crippen LogP contribution in [0.2, 0.25) is 0 Å². The van der Waals surface area contributed by atoms with Crippen LogP contribution in [0.15, 0.2) is 43.0 Å². The van der Waals surface area contributed by atoms with Crippen molar-refractivity contribution in [3.63, 3.8) is 0 Å². The molecule has 3 fully saturated rings. The molecule has 1 aromatic carbocycles. The summed E-state index contributed by atoms with van der Waals surface area (Å²) in [4.78, 5) is 13.4. The number of fused-ring (bicyclic) bond motifs is 2. The molecule has 2 aromatic heterocycles. The second-order valence-electron chi connectivity index (χ2n) is 10.3. The molecule has 5 heterocycles. The lowest BCUT2D eigenvalue weighted by Gasteiger charge is -2.29. The molecule has 0 spiro atoms. The van der Waals surface area contributed by atoms with Crippen molar-refractivity contribution >= 4 is 19.7 Å². The van der Waals surface area contributed by atoms with E-state index < -0.39 is 26.5 Å². The molecule has 0 saturated carbocycles. The van der Waals surface area contributed by atoms with E-state index in [1.165, 1.54) is 5.56 Å². The summed E-state index contributed by atoms with van der Waals surface area (Å²) in [5.74, 6) is 0. The van der Waals surface area contributed by atoms with Gasteiger partial charge in [0.2, 0.25) is 0 Å². The Bertz CT molecular complexity index is 1250. The van der Waals surface area contributed by atoms with Crippen LogP contribution in [-0.2, 0) is 28.9 Å². The van der Waals surface area contributed by atoms with Gasteiger partial charge in [-0.05, 0) is 38.7 Å². The number of ether oxygens (including phenoxy) is 3. The molecule has 0 aliphatic carbocycles. The Morgan fingerprint density at radius 3 is 2.76 bits per heavy atom. The van der Waals surface area contributed by atoms with Gasteiger partial charge in [0.1, 0.15) is 29.7 Å². The predicted molar refractivity (Wildman–Crippen MR) is 142 cm³/mol. The summed E-state index contributed by atoms with van der Waals surface area (Å²) in [6, 6.07) is 10.8. The zero-order valence-corrected chi connectivity index (χ0v) is 23.3. The second kappa shape index (κ2) is 10.8. The van der Waals surface area contributed by atoms with Crippen molar-refractivity contribution in [1.82, 2.24) is 24.2 Å². The number of nitrogens with zero attached hydrogens (tertiary/aromatic N) is 5. The highest BCUT2D eigenvalue weighted by Gasteiger charge is 2.57. The van der Waals surface area contributed by atoms with Crippen LogP contribution in [0.4, 0.5) is 0 Å². The first kappa shape index (κ1) is 26.2. The predicted octanol–water partition coefficient (Wildman–Crippen LogP) is 4.50. The van der Waals surface area contributed by atoms with E-state index in [4.69, 9.17) is 23.3 Å². The van der Waals surface area contributed by atoms with Crippen molar-refractivity contribution in [1.29, 1.82) is 0 Å². The maximum absolute atomic E-state index is 6.93. The maximum atomic E-state index is 6.93. The van der Waals surface area contributed by atoms with E-state index >= 15 is 0 Å². The summed E-state index contributed by atoms with van der Waals surface area (Å²) in [5, 5.41) is 0. The van der Waals surface area contributed by atoms with Gasteiger partial charge in [0.05, 0.1) is 37.4 Å². The lowest BCUT2D eigenvalue weighted by Crippen LogP contribution is -2.37. The first-order valence-corrected chi connectivity index (χ1v) is 14.6. The average Bonchev–Trinajstić information content (AvgIpc) is 3.70. The van der Waals surface area contributed by atoms with Gasteiger partial charge in [0, 0.05) is 13.7 Å². The molecule has 1 unspecified atom stereocenters. The largest absolute Gasteiger partial charge is 0.382 e. The third kappa shape index (κ3) is 4.46. The fourth-order valence-corrected chi connectivity index (χ4v) is 8.12. The molecular weight excluding hydrogens is 505 g/mol. The Kier molecular flexibility index (Phi) is 7.48. The van der Waals surface area contributed by atoms with E-state index in [2.05, 4.69) is 57.7 Å². The van der Waals surface area contributed by atoms with Gasteiger partial charge in [0.15, 0.2) is 11.9 Å². The molecule has 3 aliphatic rings. The Morgan fingerprint density at radius 1 is 1.13 bits per heavy atom. The number of hydrogen-bond acceptors (Lipinski definition) is 9. The minimum Gasteiger partial charge on any atom is -0.382 e. The Hall–Kier alpha value is -2.04. The smallest absolute Gasteiger partial charge is 0.260 e. The highest BCUT2D eigenvalue weighted by Crippen LogP contribution is 2.64. The lowest BCUT2D eigenvalue weighted by atomic mass is 9.87. The number of rotatable bonds is 9. The third-order valence-corrected chi connectivity index (χ3v) is 9.86. The van der Waals surface area contributed by atoms with E-state index in [1.54, 1.807) is 19.8 Å². The van der Waals surface area contributed by atoms with Gasteiger partial charge in [-0.3, -0.25) is 4.57 Å². The number of hydrogen-bond donors (Lipinski definition) is 0. The van der Waals surface area contributed by atoms with E-state index in [0.29, 0.717) is 13.2 Å². The van der Waals surface area contributed by atoms with Gasteiger partial charge in [0.25, 0.3) is 8.53 Å². The van der Waals surface area contributed by atoms with Crippen LogP contribution in [0.1, 0.15) is 50.6 Å². The fourth-order valence-electron chi connectivity index (χ4n) is 5.97. The molecule has 7 atom stereocenters. The van der Waals surface area contributed by atoms with Crippen LogP contribution in [0, 0.1) is 6.92 Å². The zero-order chi connectivity index (χ0) is 26.3. The summed E-state index contributed by atoms with van der Waals surface area (Å²) < 4.78 is 36.5. The van der Waals surface area contributed by atoms with E-state index in [9.17, 15) is 0 Å². The summed E-state index contributed by atoms with van der Waals surface area (Å²) in [6.45, 7) is 8.11. The molecular formula is C27H36N5O5P. The molecule has 0 radical (unpaired) electrons. The van der Waals surface area contributed by atoms with Crippen LogP contribution in [0.3, 0.4) is 0 Å². The summed E-state index contributed by atoms with van der Waals surface area (Å²) in [5.41, 5.74) is 3.06. The molecule has 0 bridgehead atoms. The van der Waals surface area contributed by atoms with Crippen molar-refractivity contribution in [3.8, 4) is 0 Å². The van der Waals surface area contributed by atoms with E-state index in [1.807, 2.05) is 17.6 Å². The zero-order valence-electron chi connectivity index (χ0n) is 22.4. The second-order valence-corrected chi connectivity index (χ2v) is 11.7. The van der Waals surface area contributed by atoms with E-state index in [0.717, 1.165) is 42.7 Å². The van der Waals surface area contributed by atoms with Crippen molar-refractivity contribution < 1.29 is 23.3 Å². The molecule has 10 nitrogen and oxygen atoms in total. The van der Waals surface area contributed by atoms with Crippen LogP contribution >= 0.6 is 8.53 Å². The SMILES string of the molecule is CC[C@H]1O[C@@H](n2cnc3c(C)ncnc32)C(OCCOC)[C@H]1O[P@@]1O[C@](C)(c2ccccc2)[C@@H]2CCCN21. The quantitative estimate of drug-likeness (QED) is 0.287. The fraction of sp³-hybridized carbons (Fsp3) is 0.593. The molecule has 6 rings (SSSR count). The van der Waals surface area contributed by atoms with Gasteiger partial charge < -0.3 is 23.3 Å². The average molecular weight is 542 g/mol. The number of benzene rings is 1. The Labute approximate surface area is 224 Å². The van der Waals surface area contributed by atoms with Crippen molar-refractivity contribution in [2.24, 2.45) is 0 Å². The van der Waals surface area contributed by atoms with Gasteiger partial charge in [-0.1, -0.05) is 37.3 Å². The first-order chi connectivity index (χ1) is 18.5. The number of aryl methyl sites for hydroxylation is 1. The number of imidazole rings is 1. The topological polar surface area (TPSA) is 93.0 Å². The standard InChI is InChI=1S/C27H36N5O5P/c1-5-20-23(36-38-32-13-9-12-21(32)27(3,37-38)19-10-7-6-8-11-19)24(34-15-14-33-4)26(35-20)31-17-30-22-18(2)28-16-29-25(22)31/h6-8,10-11,16-17,20-21,23-24,26H,5,9,12-15H2,1-4H3/t20-,21+,23+,24?,26-,27-,38+/m1/s1. The van der Waals surface area contributed by atoms with Gasteiger partial charge in [-0.25, -0.2) is 19.6 Å². The van der Waals surface area contributed by atoms with Gasteiger partial charge in [-0.2, -0.15) is 0 Å². The molecule has 3 aliphatic heterocycles. The normalized spacial score (nSPS) is 33.4. The van der Waals surface area contributed by atoms with Crippen molar-refractivity contribution in [3.05, 3.63) is 54.2 Å². The van der Waals surface area contributed by atoms with Crippen LogP contribution in [0.5, 0.6) is 0 Å². The minimum absolute atomic E-state index is 0.177. The van der Waals surface area contributed by atoms with Crippen LogP contribution in [0.25, 0.3) is 11.2 Å². The van der Waals surface area contributed by atoms with Crippen LogP contribution in [-0.4, -0.2) is 75.4 Å². The molecule has 3 aromatic rings. The number of aromatic nitrogens is 4. The number of methoxy groups -OCH3 is 1. The molecule has 11 heteroatoms. The van der Waals surface area contributed by atoms with Gasteiger partial charge >= 0.3 is 0 Å². The maximum Gasteiger partial charge on any atom is 0.260 e. The first-order valence-electron chi connectivity index (χ1n) is 13.4. The highest BCUT2D eigenvalue weighted by molar-refractivity contribution is 7.45. The molecule has 204 valence electrons.